The lowest BCUT2D eigenvalue weighted by Crippen LogP contribution is -2.36. The maximum Gasteiger partial charge on any atom is 0.255 e. The van der Waals surface area contributed by atoms with Crippen LogP contribution in [-0.2, 0) is 11.2 Å². The molecule has 0 saturated carbocycles. The fourth-order valence-corrected chi connectivity index (χ4v) is 3.38. The number of benzene rings is 2. The molecule has 0 unspecified atom stereocenters. The molecular weight excluding hydrogens is 324 g/mol. The van der Waals surface area contributed by atoms with E-state index in [2.05, 4.69) is 11.4 Å². The number of hydrogen-bond donors (Lipinski definition) is 1. The van der Waals surface area contributed by atoms with E-state index >= 15 is 0 Å². The first-order valence-corrected chi connectivity index (χ1v) is 9.37. The average Bonchev–Trinajstić information content (AvgIpc) is 2.67. The van der Waals surface area contributed by atoms with Crippen molar-refractivity contribution in [1.29, 1.82) is 0 Å². The Morgan fingerprint density at radius 1 is 1.00 bits per heavy atom. The van der Waals surface area contributed by atoms with E-state index in [0.717, 1.165) is 31.5 Å². The highest BCUT2D eigenvalue weighted by Gasteiger charge is 2.21. The first-order chi connectivity index (χ1) is 12.6. The van der Waals surface area contributed by atoms with Crippen molar-refractivity contribution in [2.45, 2.75) is 39.0 Å². The third-order valence-electron chi connectivity index (χ3n) is 4.80. The summed E-state index contributed by atoms with van der Waals surface area (Å²) >= 11 is 0. The summed E-state index contributed by atoms with van der Waals surface area (Å²) in [5.74, 6) is -0.0512. The molecule has 1 heterocycles. The number of anilines is 1. The highest BCUT2D eigenvalue weighted by molar-refractivity contribution is 6.03. The van der Waals surface area contributed by atoms with Gasteiger partial charge in [-0.1, -0.05) is 42.0 Å². The van der Waals surface area contributed by atoms with Crippen molar-refractivity contribution in [1.82, 2.24) is 4.90 Å². The summed E-state index contributed by atoms with van der Waals surface area (Å²) in [6, 6.07) is 15.5. The van der Waals surface area contributed by atoms with Crippen LogP contribution in [0.15, 0.2) is 48.5 Å². The molecular formula is C22H26N2O2. The van der Waals surface area contributed by atoms with Gasteiger partial charge in [0.2, 0.25) is 5.91 Å². The van der Waals surface area contributed by atoms with Crippen molar-refractivity contribution >= 4 is 17.5 Å². The van der Waals surface area contributed by atoms with Crippen molar-refractivity contribution < 1.29 is 9.59 Å². The van der Waals surface area contributed by atoms with Gasteiger partial charge in [-0.3, -0.25) is 9.59 Å². The Hall–Kier alpha value is -2.62. The SMILES string of the molecule is Cc1cccc(CCC(=O)Nc2ccccc2C(=O)N2CCCCC2)c1. The highest BCUT2D eigenvalue weighted by Crippen LogP contribution is 2.20. The molecule has 4 nitrogen and oxygen atoms in total. The molecule has 0 radical (unpaired) electrons. The first kappa shape index (κ1) is 18.2. The van der Waals surface area contributed by atoms with Gasteiger partial charge in [-0.25, -0.2) is 0 Å². The molecule has 136 valence electrons. The van der Waals surface area contributed by atoms with E-state index in [1.807, 2.05) is 48.2 Å². The zero-order valence-electron chi connectivity index (χ0n) is 15.3. The van der Waals surface area contributed by atoms with Crippen molar-refractivity contribution in [3.63, 3.8) is 0 Å². The van der Waals surface area contributed by atoms with E-state index in [-0.39, 0.29) is 11.8 Å². The topological polar surface area (TPSA) is 49.4 Å². The lowest BCUT2D eigenvalue weighted by molar-refractivity contribution is -0.116. The number of amides is 2. The Balaban J connectivity index is 1.63. The van der Waals surface area contributed by atoms with E-state index in [0.29, 0.717) is 24.1 Å². The van der Waals surface area contributed by atoms with Crippen LogP contribution >= 0.6 is 0 Å². The minimum absolute atomic E-state index is 0.0132. The van der Waals surface area contributed by atoms with Gasteiger partial charge in [-0.15, -0.1) is 0 Å². The standard InChI is InChI=1S/C22H26N2O2/c1-17-8-7-9-18(16-17)12-13-21(25)23-20-11-4-3-10-19(20)22(26)24-14-5-2-6-15-24/h3-4,7-11,16H,2,5-6,12-15H2,1H3,(H,23,25). The summed E-state index contributed by atoms with van der Waals surface area (Å²) < 4.78 is 0. The van der Waals surface area contributed by atoms with Crippen LogP contribution in [-0.4, -0.2) is 29.8 Å². The van der Waals surface area contributed by atoms with Gasteiger partial charge in [0.25, 0.3) is 5.91 Å². The van der Waals surface area contributed by atoms with Crippen LogP contribution in [0.2, 0.25) is 0 Å². The molecule has 0 aliphatic carbocycles. The van der Waals surface area contributed by atoms with Crippen molar-refractivity contribution in [2.75, 3.05) is 18.4 Å². The molecule has 4 heteroatoms. The normalized spacial score (nSPS) is 14.1. The molecule has 26 heavy (non-hydrogen) atoms. The summed E-state index contributed by atoms with van der Waals surface area (Å²) in [6.45, 7) is 3.65. The van der Waals surface area contributed by atoms with Gasteiger partial charge >= 0.3 is 0 Å². The second-order valence-electron chi connectivity index (χ2n) is 6.94. The van der Waals surface area contributed by atoms with Gasteiger partial charge in [-0.2, -0.15) is 0 Å². The number of hydrogen-bond acceptors (Lipinski definition) is 2. The van der Waals surface area contributed by atoms with E-state index in [1.54, 1.807) is 6.07 Å². The second kappa shape index (κ2) is 8.65. The summed E-state index contributed by atoms with van der Waals surface area (Å²) in [5.41, 5.74) is 3.54. The molecule has 3 rings (SSSR count). The predicted octanol–water partition coefficient (Wildman–Crippen LogP) is 4.19. The number of rotatable bonds is 5. The number of carbonyl (C=O) groups excluding carboxylic acids is 2. The van der Waals surface area contributed by atoms with Crippen molar-refractivity contribution in [3.05, 3.63) is 65.2 Å². The minimum atomic E-state index is -0.0644. The maximum absolute atomic E-state index is 12.8. The number of para-hydroxylation sites is 1. The molecule has 0 spiro atoms. The number of piperidine rings is 1. The number of aryl methyl sites for hydroxylation is 2. The monoisotopic (exact) mass is 350 g/mol. The Kier molecular flexibility index (Phi) is 6.05. The third-order valence-corrected chi connectivity index (χ3v) is 4.80. The molecule has 1 saturated heterocycles. The molecule has 0 bridgehead atoms. The fraction of sp³-hybridized carbons (Fsp3) is 0.364. The number of nitrogens with zero attached hydrogens (tertiary/aromatic N) is 1. The lowest BCUT2D eigenvalue weighted by atomic mass is 10.1. The average molecular weight is 350 g/mol. The molecule has 2 aromatic rings. The smallest absolute Gasteiger partial charge is 0.255 e. The molecule has 0 atom stereocenters. The molecule has 1 fully saturated rings. The summed E-state index contributed by atoms with van der Waals surface area (Å²) in [5, 5.41) is 2.93. The van der Waals surface area contributed by atoms with Crippen LogP contribution in [0.25, 0.3) is 0 Å². The molecule has 2 amide bonds. The minimum Gasteiger partial charge on any atom is -0.339 e. The number of carbonyl (C=O) groups is 2. The Bertz CT molecular complexity index is 779. The Morgan fingerprint density at radius 3 is 2.54 bits per heavy atom. The van der Waals surface area contributed by atoms with Crippen LogP contribution in [0.5, 0.6) is 0 Å². The van der Waals surface area contributed by atoms with Gasteiger partial charge in [-0.05, 0) is 50.3 Å². The molecule has 1 aliphatic rings. The highest BCUT2D eigenvalue weighted by atomic mass is 16.2. The van der Waals surface area contributed by atoms with Gasteiger partial charge in [0.1, 0.15) is 0 Å². The van der Waals surface area contributed by atoms with E-state index in [1.165, 1.54) is 12.0 Å². The molecule has 0 aromatic heterocycles. The summed E-state index contributed by atoms with van der Waals surface area (Å²) in [7, 11) is 0. The lowest BCUT2D eigenvalue weighted by Gasteiger charge is -2.27. The maximum atomic E-state index is 12.8. The number of likely N-dealkylation sites (tertiary alicyclic amines) is 1. The summed E-state index contributed by atoms with van der Waals surface area (Å²) in [4.78, 5) is 27.1. The Labute approximate surface area is 155 Å². The van der Waals surface area contributed by atoms with Crippen LogP contribution in [0.1, 0.15) is 47.2 Å². The van der Waals surface area contributed by atoms with Crippen LogP contribution < -0.4 is 5.32 Å². The van der Waals surface area contributed by atoms with Crippen LogP contribution in [0.4, 0.5) is 5.69 Å². The quantitative estimate of drug-likeness (QED) is 0.879. The van der Waals surface area contributed by atoms with Crippen LogP contribution in [0.3, 0.4) is 0 Å². The van der Waals surface area contributed by atoms with E-state index in [9.17, 15) is 9.59 Å². The molecule has 1 N–H and O–H groups in total. The largest absolute Gasteiger partial charge is 0.339 e. The molecule has 2 aromatic carbocycles. The first-order valence-electron chi connectivity index (χ1n) is 9.37. The van der Waals surface area contributed by atoms with E-state index < -0.39 is 0 Å². The van der Waals surface area contributed by atoms with E-state index in [4.69, 9.17) is 0 Å². The fourth-order valence-electron chi connectivity index (χ4n) is 3.38. The third kappa shape index (κ3) is 4.72. The van der Waals surface area contributed by atoms with Crippen molar-refractivity contribution in [3.8, 4) is 0 Å². The van der Waals surface area contributed by atoms with Gasteiger partial charge in [0.05, 0.1) is 11.3 Å². The molecule has 1 aliphatic heterocycles. The number of nitrogens with one attached hydrogen (secondary N) is 1. The zero-order valence-corrected chi connectivity index (χ0v) is 15.3. The second-order valence-corrected chi connectivity index (χ2v) is 6.94. The predicted molar refractivity (Wildman–Crippen MR) is 104 cm³/mol. The van der Waals surface area contributed by atoms with Gasteiger partial charge in [0.15, 0.2) is 0 Å². The summed E-state index contributed by atoms with van der Waals surface area (Å²) in [6.07, 6.45) is 4.38. The van der Waals surface area contributed by atoms with Crippen molar-refractivity contribution in [2.24, 2.45) is 0 Å². The van der Waals surface area contributed by atoms with Gasteiger partial charge < -0.3 is 10.2 Å². The Morgan fingerprint density at radius 2 is 1.77 bits per heavy atom. The van der Waals surface area contributed by atoms with Gasteiger partial charge in [0, 0.05) is 19.5 Å². The van der Waals surface area contributed by atoms with Crippen LogP contribution in [0, 0.1) is 6.92 Å². The zero-order chi connectivity index (χ0) is 18.4.